The van der Waals surface area contributed by atoms with Crippen molar-refractivity contribution in [3.63, 3.8) is 0 Å². The molecule has 150 valence electrons. The lowest BCUT2D eigenvalue weighted by atomic mass is 10.1. The first-order valence-electron chi connectivity index (χ1n) is 9.48. The molecule has 0 unspecified atom stereocenters. The monoisotopic (exact) mass is 418 g/mol. The predicted octanol–water partition coefficient (Wildman–Crippen LogP) is 6.79. The van der Waals surface area contributed by atoms with E-state index in [1.165, 1.54) is 40.2 Å². The van der Waals surface area contributed by atoms with Crippen LogP contribution < -0.4 is 9.47 Å². The van der Waals surface area contributed by atoms with Crippen molar-refractivity contribution in [2.75, 3.05) is 7.11 Å². The molecule has 0 spiro atoms. The zero-order valence-electron chi connectivity index (χ0n) is 16.2. The molecule has 5 heteroatoms. The molecule has 0 fully saturated rings. The van der Waals surface area contributed by atoms with E-state index in [1.54, 1.807) is 18.2 Å². The highest BCUT2D eigenvalue weighted by Gasteiger charge is 2.28. The van der Waals surface area contributed by atoms with Crippen molar-refractivity contribution in [1.82, 2.24) is 0 Å². The summed E-state index contributed by atoms with van der Waals surface area (Å²) in [5.74, 6) is 0.526. The second-order valence-electron chi connectivity index (χ2n) is 6.92. The zero-order chi connectivity index (χ0) is 20.7. The number of rotatable bonds is 4. The Morgan fingerprint density at radius 1 is 0.800 bits per heavy atom. The summed E-state index contributed by atoms with van der Waals surface area (Å²) < 4.78 is 26.3. The maximum Gasteiger partial charge on any atom is 0.197 e. The van der Waals surface area contributed by atoms with Crippen LogP contribution in [-0.2, 0) is 0 Å². The van der Waals surface area contributed by atoms with Gasteiger partial charge in [-0.15, -0.1) is 0 Å². The molecule has 1 aliphatic rings. The molecule has 4 aromatic carbocycles. The Morgan fingerprint density at radius 3 is 2.00 bits per heavy atom. The smallest absolute Gasteiger partial charge is 0.197 e. The summed E-state index contributed by atoms with van der Waals surface area (Å²) in [7, 11) is 0.507. The Hall–Kier alpha value is -3.44. The Bertz CT molecular complexity index is 1190. The van der Waals surface area contributed by atoms with E-state index >= 15 is 4.39 Å². The summed E-state index contributed by atoms with van der Waals surface area (Å²) in [6, 6.07) is 26.3. The summed E-state index contributed by atoms with van der Waals surface area (Å²) in [4.78, 5) is 3.26. The quantitative estimate of drug-likeness (QED) is 0.316. The third-order valence-corrected chi connectivity index (χ3v) is 7.62. The minimum absolute atomic E-state index is 0.0580. The van der Waals surface area contributed by atoms with Gasteiger partial charge in [-0.3, -0.25) is 0 Å². The molecule has 1 N–H and O–H groups in total. The van der Waals surface area contributed by atoms with Gasteiger partial charge in [-0.05, 0) is 59.7 Å². The number of thiol groups is 1. The number of hydrogen-bond donors (Lipinski definition) is 2. The van der Waals surface area contributed by atoms with Crippen LogP contribution in [0.5, 0.6) is 23.0 Å². The van der Waals surface area contributed by atoms with E-state index in [-0.39, 0.29) is 11.5 Å². The van der Waals surface area contributed by atoms with Gasteiger partial charge in [0.25, 0.3) is 0 Å². The van der Waals surface area contributed by atoms with E-state index in [0.29, 0.717) is 11.5 Å². The first kappa shape index (κ1) is 18.6. The fourth-order valence-corrected chi connectivity index (χ4v) is 6.45. The van der Waals surface area contributed by atoms with Crippen molar-refractivity contribution in [2.45, 2.75) is 14.7 Å². The van der Waals surface area contributed by atoms with Gasteiger partial charge in [0, 0.05) is 14.7 Å². The van der Waals surface area contributed by atoms with Gasteiger partial charge in [0.05, 0.1) is 7.11 Å². The van der Waals surface area contributed by atoms with Crippen LogP contribution in [0.2, 0.25) is 0 Å². The lowest BCUT2D eigenvalue weighted by Crippen LogP contribution is -1.96. The first-order valence-corrected chi connectivity index (χ1v) is 10.8. The molecule has 3 nitrogen and oxygen atoms in total. The highest BCUT2D eigenvalue weighted by molar-refractivity contribution is 8.17. The topological polar surface area (TPSA) is 38.7 Å². The SMILES string of the molecule is COc1c(F)cc([SH]2c3ccccc3-c3ccccc32)cc1Oc1ccc(O)cc1. The van der Waals surface area contributed by atoms with Gasteiger partial charge in [-0.1, -0.05) is 36.4 Å². The van der Waals surface area contributed by atoms with Gasteiger partial charge in [0.15, 0.2) is 17.3 Å². The van der Waals surface area contributed by atoms with Crippen LogP contribution in [0.1, 0.15) is 0 Å². The average Bonchev–Trinajstić information content (AvgIpc) is 3.10. The number of ether oxygens (including phenoxy) is 2. The number of phenolic OH excluding ortho intramolecular Hbond substituents is 1. The Morgan fingerprint density at radius 2 is 1.40 bits per heavy atom. The number of phenols is 1. The van der Waals surface area contributed by atoms with E-state index in [9.17, 15) is 5.11 Å². The van der Waals surface area contributed by atoms with Gasteiger partial charge >= 0.3 is 0 Å². The lowest BCUT2D eigenvalue weighted by Gasteiger charge is -2.21. The van der Waals surface area contributed by atoms with Gasteiger partial charge in [-0.2, -0.15) is 10.9 Å². The summed E-state index contributed by atoms with van der Waals surface area (Å²) in [5, 5.41) is 9.50. The van der Waals surface area contributed by atoms with Crippen LogP contribution in [0, 0.1) is 5.82 Å². The summed E-state index contributed by atoms with van der Waals surface area (Å²) in [6.07, 6.45) is 0. The van der Waals surface area contributed by atoms with E-state index < -0.39 is 16.7 Å². The van der Waals surface area contributed by atoms with E-state index in [1.807, 2.05) is 30.3 Å². The van der Waals surface area contributed by atoms with Crippen LogP contribution in [-0.4, -0.2) is 12.2 Å². The third kappa shape index (κ3) is 3.08. The molecule has 0 bridgehead atoms. The molecule has 0 radical (unpaired) electrons. The number of hydrogen-bond acceptors (Lipinski definition) is 3. The van der Waals surface area contributed by atoms with Crippen LogP contribution in [0.15, 0.2) is 99.6 Å². The normalized spacial score (nSPS) is 12.9. The fraction of sp³-hybridized carbons (Fsp3) is 0.0400. The van der Waals surface area contributed by atoms with Crippen LogP contribution in [0.25, 0.3) is 11.1 Å². The standard InChI is InChI=1S/C25H19FO3S/c1-28-25-21(26)14-18(15-22(25)29-17-12-10-16(27)11-13-17)30-23-8-4-2-6-19(23)20-7-3-5-9-24(20)30/h2-15,27,30H,1H3. The molecule has 0 aromatic heterocycles. The lowest BCUT2D eigenvalue weighted by molar-refractivity contribution is 0.354. The van der Waals surface area contributed by atoms with Crippen LogP contribution in [0.3, 0.4) is 0 Å². The summed E-state index contributed by atoms with van der Waals surface area (Å²) in [5.41, 5.74) is 2.38. The van der Waals surface area contributed by atoms with E-state index in [4.69, 9.17) is 9.47 Å². The van der Waals surface area contributed by atoms with E-state index in [0.717, 1.165) is 4.90 Å². The molecule has 0 saturated heterocycles. The number of aromatic hydroxyl groups is 1. The largest absolute Gasteiger partial charge is 0.508 e. The van der Waals surface area contributed by atoms with Crippen molar-refractivity contribution in [3.8, 4) is 34.1 Å². The number of fused-ring (bicyclic) bond motifs is 3. The molecule has 5 rings (SSSR count). The first-order chi connectivity index (χ1) is 14.7. The van der Waals surface area contributed by atoms with Crippen molar-refractivity contribution < 1.29 is 19.0 Å². The minimum Gasteiger partial charge on any atom is -0.508 e. The van der Waals surface area contributed by atoms with Crippen molar-refractivity contribution >= 4 is 10.9 Å². The fourth-order valence-electron chi connectivity index (χ4n) is 3.80. The molecule has 0 atom stereocenters. The maximum atomic E-state index is 15.0. The van der Waals surface area contributed by atoms with Crippen LogP contribution in [0.4, 0.5) is 4.39 Å². The number of halogens is 1. The van der Waals surface area contributed by atoms with Gasteiger partial charge in [0.1, 0.15) is 11.5 Å². The van der Waals surface area contributed by atoms with Gasteiger partial charge in [-0.25, -0.2) is 4.39 Å². The Labute approximate surface area is 176 Å². The predicted molar refractivity (Wildman–Crippen MR) is 117 cm³/mol. The van der Waals surface area contributed by atoms with Crippen LogP contribution >= 0.6 is 10.9 Å². The Kier molecular flexibility index (Phi) is 4.60. The minimum atomic E-state index is -0.917. The van der Waals surface area contributed by atoms with Crippen molar-refractivity contribution in [3.05, 3.63) is 90.7 Å². The maximum absolute atomic E-state index is 15.0. The van der Waals surface area contributed by atoms with E-state index in [2.05, 4.69) is 24.3 Å². The van der Waals surface area contributed by atoms with Crippen molar-refractivity contribution in [1.29, 1.82) is 0 Å². The number of benzene rings is 4. The molecule has 30 heavy (non-hydrogen) atoms. The molecule has 1 aliphatic heterocycles. The highest BCUT2D eigenvalue weighted by atomic mass is 32.2. The molecule has 4 aromatic rings. The molecule has 0 amide bonds. The average molecular weight is 418 g/mol. The molecular formula is C25H19FO3S. The Balaban J connectivity index is 1.65. The number of methoxy groups -OCH3 is 1. The summed E-state index contributed by atoms with van der Waals surface area (Å²) >= 11 is 0. The zero-order valence-corrected chi connectivity index (χ0v) is 17.1. The second-order valence-corrected chi connectivity index (χ2v) is 9.08. The second kappa shape index (κ2) is 7.43. The molecule has 0 saturated carbocycles. The van der Waals surface area contributed by atoms with Gasteiger partial charge < -0.3 is 14.6 Å². The molecule has 0 aliphatic carbocycles. The molecular weight excluding hydrogens is 399 g/mol. The van der Waals surface area contributed by atoms with Gasteiger partial charge in [0.2, 0.25) is 0 Å². The molecule has 1 heterocycles. The third-order valence-electron chi connectivity index (χ3n) is 5.10. The van der Waals surface area contributed by atoms with Crippen molar-refractivity contribution in [2.24, 2.45) is 0 Å². The highest BCUT2D eigenvalue weighted by Crippen LogP contribution is 2.63. The summed E-state index contributed by atoms with van der Waals surface area (Å²) in [6.45, 7) is 0.